The van der Waals surface area contributed by atoms with E-state index in [4.69, 9.17) is 4.74 Å². The number of nitrogens with zero attached hydrogens (tertiary/aromatic N) is 2. The lowest BCUT2D eigenvalue weighted by molar-refractivity contribution is -0.148. The number of hydrogen-bond donors (Lipinski definition) is 0. The lowest BCUT2D eigenvalue weighted by Gasteiger charge is -2.39. The molecule has 0 spiro atoms. The number of methoxy groups -OCH3 is 1. The first-order valence-corrected chi connectivity index (χ1v) is 7.41. The second-order valence-electron chi connectivity index (χ2n) is 5.66. The van der Waals surface area contributed by atoms with Gasteiger partial charge < -0.3 is 9.64 Å². The summed E-state index contributed by atoms with van der Waals surface area (Å²) >= 11 is 0. The largest absolute Gasteiger partial charge is 0.468 e. The molecule has 1 aliphatic carbocycles. The van der Waals surface area contributed by atoms with Gasteiger partial charge in [-0.25, -0.2) is 0 Å². The Morgan fingerprint density at radius 2 is 1.80 bits per heavy atom. The Morgan fingerprint density at radius 3 is 2.35 bits per heavy atom. The number of ether oxygens (including phenoxy) is 1. The highest BCUT2D eigenvalue weighted by molar-refractivity contribution is 5.76. The van der Waals surface area contributed by atoms with Crippen molar-refractivity contribution in [3.8, 4) is 0 Å². The molecule has 0 amide bonds. The van der Waals surface area contributed by atoms with Crippen LogP contribution in [0, 0.1) is 5.92 Å². The standard InChI is InChI=1S/C16H22N2O2/c1-20-16(19)15(13-7-8-13)18-11-9-17(10-12-18)14-5-3-2-4-6-14/h2-6,13,15H,7-12H2,1H3. The van der Waals surface area contributed by atoms with Crippen molar-refractivity contribution in [1.82, 2.24) is 4.90 Å². The van der Waals surface area contributed by atoms with Crippen LogP contribution in [0.15, 0.2) is 30.3 Å². The van der Waals surface area contributed by atoms with Crippen molar-refractivity contribution in [3.63, 3.8) is 0 Å². The SMILES string of the molecule is COC(=O)C(C1CC1)N1CCN(c2ccccc2)CC1. The third-order valence-electron chi connectivity index (χ3n) is 4.34. The van der Waals surface area contributed by atoms with Crippen molar-refractivity contribution >= 4 is 11.7 Å². The number of rotatable bonds is 4. The van der Waals surface area contributed by atoms with Crippen LogP contribution in [0.2, 0.25) is 0 Å². The van der Waals surface area contributed by atoms with E-state index in [1.807, 2.05) is 6.07 Å². The first-order chi connectivity index (χ1) is 9.79. The Morgan fingerprint density at radius 1 is 1.15 bits per heavy atom. The molecule has 0 aromatic heterocycles. The molecule has 1 unspecified atom stereocenters. The van der Waals surface area contributed by atoms with Gasteiger partial charge in [-0.3, -0.25) is 9.69 Å². The molecular formula is C16H22N2O2. The predicted octanol–water partition coefficient (Wildman–Crippen LogP) is 1.76. The van der Waals surface area contributed by atoms with E-state index in [9.17, 15) is 4.79 Å². The molecule has 2 fully saturated rings. The van der Waals surface area contributed by atoms with E-state index in [1.54, 1.807) is 0 Å². The average molecular weight is 274 g/mol. The van der Waals surface area contributed by atoms with E-state index in [2.05, 4.69) is 34.1 Å². The highest BCUT2D eigenvalue weighted by Gasteiger charge is 2.41. The molecule has 1 aromatic carbocycles. The quantitative estimate of drug-likeness (QED) is 0.783. The van der Waals surface area contributed by atoms with Crippen LogP contribution in [0.5, 0.6) is 0 Å². The van der Waals surface area contributed by atoms with E-state index >= 15 is 0 Å². The van der Waals surface area contributed by atoms with Gasteiger partial charge in [-0.1, -0.05) is 18.2 Å². The Bertz CT molecular complexity index is 451. The van der Waals surface area contributed by atoms with Gasteiger partial charge >= 0.3 is 5.97 Å². The van der Waals surface area contributed by atoms with Crippen LogP contribution in [0.1, 0.15) is 12.8 Å². The summed E-state index contributed by atoms with van der Waals surface area (Å²) in [6, 6.07) is 10.5. The summed E-state index contributed by atoms with van der Waals surface area (Å²) in [7, 11) is 1.50. The van der Waals surface area contributed by atoms with Gasteiger partial charge in [0.2, 0.25) is 0 Å². The topological polar surface area (TPSA) is 32.8 Å². The molecule has 0 N–H and O–H groups in total. The zero-order valence-electron chi connectivity index (χ0n) is 12.0. The minimum atomic E-state index is -0.0549. The van der Waals surface area contributed by atoms with Gasteiger partial charge in [0.25, 0.3) is 0 Å². The molecule has 0 bridgehead atoms. The highest BCUT2D eigenvalue weighted by atomic mass is 16.5. The maximum atomic E-state index is 12.0. The van der Waals surface area contributed by atoms with E-state index < -0.39 is 0 Å². The minimum absolute atomic E-state index is 0.0158. The summed E-state index contributed by atoms with van der Waals surface area (Å²) in [5.74, 6) is 0.464. The van der Waals surface area contributed by atoms with Crippen molar-refractivity contribution < 1.29 is 9.53 Å². The van der Waals surface area contributed by atoms with Crippen LogP contribution in [-0.4, -0.2) is 50.2 Å². The minimum Gasteiger partial charge on any atom is -0.468 e. The second-order valence-corrected chi connectivity index (χ2v) is 5.66. The fraction of sp³-hybridized carbons (Fsp3) is 0.562. The van der Waals surface area contributed by atoms with Crippen molar-refractivity contribution in [2.75, 3.05) is 38.2 Å². The highest BCUT2D eigenvalue weighted by Crippen LogP contribution is 2.36. The molecular weight excluding hydrogens is 252 g/mol. The Balaban J connectivity index is 1.61. The van der Waals surface area contributed by atoms with Crippen molar-refractivity contribution in [3.05, 3.63) is 30.3 Å². The summed E-state index contributed by atoms with van der Waals surface area (Å²) in [5, 5.41) is 0. The molecule has 1 saturated heterocycles. The number of hydrogen-bond acceptors (Lipinski definition) is 4. The van der Waals surface area contributed by atoms with Crippen LogP contribution in [0.4, 0.5) is 5.69 Å². The Kier molecular flexibility index (Phi) is 3.92. The van der Waals surface area contributed by atoms with Gasteiger partial charge in [-0.2, -0.15) is 0 Å². The van der Waals surface area contributed by atoms with Crippen molar-refractivity contribution in [1.29, 1.82) is 0 Å². The monoisotopic (exact) mass is 274 g/mol. The molecule has 3 rings (SSSR count). The van der Waals surface area contributed by atoms with Crippen LogP contribution in [-0.2, 0) is 9.53 Å². The first-order valence-electron chi connectivity index (χ1n) is 7.41. The third kappa shape index (κ3) is 2.80. The van der Waals surface area contributed by atoms with Gasteiger partial charge in [0.05, 0.1) is 7.11 Å². The zero-order chi connectivity index (χ0) is 13.9. The number of carbonyl (C=O) groups excluding carboxylic acids is 1. The molecule has 1 aliphatic heterocycles. The second kappa shape index (κ2) is 5.83. The number of carbonyl (C=O) groups is 1. The van der Waals surface area contributed by atoms with Crippen molar-refractivity contribution in [2.24, 2.45) is 5.92 Å². The molecule has 0 radical (unpaired) electrons. The average Bonchev–Trinajstić information content (AvgIpc) is 3.34. The maximum absolute atomic E-state index is 12.0. The normalized spacial score (nSPS) is 21.6. The fourth-order valence-corrected chi connectivity index (χ4v) is 3.07. The van der Waals surface area contributed by atoms with Gasteiger partial charge in [0, 0.05) is 31.9 Å². The number of anilines is 1. The van der Waals surface area contributed by atoms with E-state index in [-0.39, 0.29) is 12.0 Å². The molecule has 20 heavy (non-hydrogen) atoms. The summed E-state index contributed by atoms with van der Waals surface area (Å²) in [6.07, 6.45) is 2.33. The zero-order valence-corrected chi connectivity index (χ0v) is 12.0. The molecule has 1 atom stereocenters. The van der Waals surface area contributed by atoms with Crippen LogP contribution in [0.25, 0.3) is 0 Å². The van der Waals surface area contributed by atoms with Crippen LogP contribution >= 0.6 is 0 Å². The van der Waals surface area contributed by atoms with Crippen molar-refractivity contribution in [2.45, 2.75) is 18.9 Å². The number of benzene rings is 1. The first kappa shape index (κ1) is 13.4. The lowest BCUT2D eigenvalue weighted by atomic mass is 10.1. The molecule has 1 saturated carbocycles. The molecule has 1 heterocycles. The summed E-state index contributed by atoms with van der Waals surface area (Å²) < 4.78 is 4.98. The molecule has 4 nitrogen and oxygen atoms in total. The van der Waals surface area contributed by atoms with Gasteiger partial charge in [0.15, 0.2) is 0 Å². The van der Waals surface area contributed by atoms with Gasteiger partial charge in [0.1, 0.15) is 6.04 Å². The molecule has 2 aliphatic rings. The molecule has 4 heteroatoms. The van der Waals surface area contributed by atoms with E-state index in [0.29, 0.717) is 5.92 Å². The summed E-state index contributed by atoms with van der Waals surface area (Å²) in [6.45, 7) is 3.82. The van der Waals surface area contributed by atoms with Crippen LogP contribution in [0.3, 0.4) is 0 Å². The summed E-state index contributed by atoms with van der Waals surface area (Å²) in [4.78, 5) is 16.7. The predicted molar refractivity (Wildman–Crippen MR) is 78.8 cm³/mol. The Hall–Kier alpha value is -1.55. The van der Waals surface area contributed by atoms with Gasteiger partial charge in [-0.05, 0) is 30.9 Å². The van der Waals surface area contributed by atoms with E-state index in [1.165, 1.54) is 25.6 Å². The number of esters is 1. The molecule has 108 valence electrons. The van der Waals surface area contributed by atoms with Crippen LogP contribution < -0.4 is 4.90 Å². The number of para-hydroxylation sites is 1. The smallest absolute Gasteiger partial charge is 0.323 e. The molecule has 1 aromatic rings. The third-order valence-corrected chi connectivity index (χ3v) is 4.34. The Labute approximate surface area is 120 Å². The maximum Gasteiger partial charge on any atom is 0.323 e. The van der Waals surface area contributed by atoms with Gasteiger partial charge in [-0.15, -0.1) is 0 Å². The van der Waals surface area contributed by atoms with E-state index in [0.717, 1.165) is 26.2 Å². The number of piperazine rings is 1. The lowest BCUT2D eigenvalue weighted by Crippen LogP contribution is -2.53. The fourth-order valence-electron chi connectivity index (χ4n) is 3.07. The summed E-state index contributed by atoms with van der Waals surface area (Å²) in [5.41, 5.74) is 1.27.